The monoisotopic (exact) mass is 487 g/mol. The number of nitrogens with zero attached hydrogens (tertiary/aromatic N) is 2. The third-order valence-electron chi connectivity index (χ3n) is 5.18. The van der Waals surface area contributed by atoms with Gasteiger partial charge >= 0.3 is 12.3 Å². The molecule has 0 aliphatic rings. The minimum atomic E-state index is -2.95. The van der Waals surface area contributed by atoms with Crippen LogP contribution in [-0.4, -0.2) is 28.6 Å². The van der Waals surface area contributed by atoms with Crippen LogP contribution in [0.1, 0.15) is 25.3 Å². The van der Waals surface area contributed by atoms with Crippen molar-refractivity contribution >= 4 is 23.1 Å². The Morgan fingerprint density at radius 2 is 1.83 bits per heavy atom. The molecular weight excluding hydrogens is 460 g/mol. The second kappa shape index (κ2) is 11.8. The van der Waals surface area contributed by atoms with Gasteiger partial charge in [0.05, 0.1) is 6.54 Å². The minimum Gasteiger partial charge on any atom is -0.435 e. The molecule has 4 N–H and O–H groups in total. The van der Waals surface area contributed by atoms with Crippen molar-refractivity contribution in [3.63, 3.8) is 0 Å². The highest BCUT2D eigenvalue weighted by atomic mass is 19.3. The number of H-pyrrole nitrogens is 1. The van der Waals surface area contributed by atoms with Crippen LogP contribution in [0.2, 0.25) is 0 Å². The predicted molar refractivity (Wildman–Crippen MR) is 130 cm³/mol. The van der Waals surface area contributed by atoms with Crippen molar-refractivity contribution < 1.29 is 18.3 Å². The van der Waals surface area contributed by atoms with Crippen LogP contribution in [0.5, 0.6) is 5.75 Å². The second-order valence-corrected chi connectivity index (χ2v) is 7.79. The lowest BCUT2D eigenvalue weighted by Gasteiger charge is -2.26. The highest BCUT2D eigenvalue weighted by Crippen LogP contribution is 2.21. The Morgan fingerprint density at radius 3 is 2.46 bits per heavy atom. The number of amides is 1. The number of hydrogen-bond donors (Lipinski definition) is 3. The van der Waals surface area contributed by atoms with Gasteiger partial charge in [0.2, 0.25) is 5.91 Å². The average molecular weight is 488 g/mol. The Labute approximate surface area is 200 Å². The molecule has 0 spiro atoms. The van der Waals surface area contributed by atoms with Gasteiger partial charge in [0, 0.05) is 18.8 Å². The summed E-state index contributed by atoms with van der Waals surface area (Å²) in [6.45, 7) is -0.751. The number of nitrogen functional groups attached to an aromatic ring is 1. The van der Waals surface area contributed by atoms with Crippen molar-refractivity contribution in [1.29, 1.82) is 0 Å². The summed E-state index contributed by atoms with van der Waals surface area (Å²) in [4.78, 5) is 41.8. The summed E-state index contributed by atoms with van der Waals surface area (Å²) < 4.78 is 30.3. The molecule has 0 fully saturated rings. The van der Waals surface area contributed by atoms with Gasteiger partial charge in [0.25, 0.3) is 5.56 Å². The van der Waals surface area contributed by atoms with E-state index in [1.807, 2.05) is 37.3 Å². The van der Waals surface area contributed by atoms with E-state index in [2.05, 4.69) is 15.0 Å². The molecule has 0 radical (unpaired) electrons. The fourth-order valence-corrected chi connectivity index (χ4v) is 3.53. The number of anilines is 3. The van der Waals surface area contributed by atoms with Gasteiger partial charge < -0.3 is 20.7 Å². The Balaban J connectivity index is 1.89. The lowest BCUT2D eigenvalue weighted by Crippen LogP contribution is -2.41. The third-order valence-corrected chi connectivity index (χ3v) is 5.18. The summed E-state index contributed by atoms with van der Waals surface area (Å²) >= 11 is 0. The fraction of sp³-hybridized carbons (Fsp3) is 0.292. The quantitative estimate of drug-likeness (QED) is 0.382. The molecule has 0 saturated heterocycles. The van der Waals surface area contributed by atoms with Gasteiger partial charge in [-0.1, -0.05) is 43.7 Å². The van der Waals surface area contributed by atoms with E-state index in [0.717, 1.165) is 12.0 Å². The average Bonchev–Trinajstić information content (AvgIpc) is 2.80. The maximum absolute atomic E-state index is 12.9. The highest BCUT2D eigenvalue weighted by molar-refractivity contribution is 5.94. The minimum absolute atomic E-state index is 0.0142. The number of nitrogens with two attached hydrogens (primary N) is 1. The molecule has 35 heavy (non-hydrogen) atoms. The van der Waals surface area contributed by atoms with E-state index in [9.17, 15) is 23.2 Å². The molecule has 0 saturated carbocycles. The van der Waals surface area contributed by atoms with Crippen molar-refractivity contribution in [3.05, 3.63) is 81.0 Å². The maximum Gasteiger partial charge on any atom is 0.387 e. The predicted octanol–water partition coefficient (Wildman–Crippen LogP) is 3.17. The Kier molecular flexibility index (Phi) is 8.60. The van der Waals surface area contributed by atoms with Crippen LogP contribution in [0.4, 0.5) is 26.0 Å². The molecule has 0 aliphatic heterocycles. The van der Waals surface area contributed by atoms with Crippen molar-refractivity contribution in [2.24, 2.45) is 0 Å². The molecule has 1 aromatic heterocycles. The van der Waals surface area contributed by atoms with Gasteiger partial charge in [-0.15, -0.1) is 0 Å². The number of carbonyl (C=O) groups is 1. The highest BCUT2D eigenvalue weighted by Gasteiger charge is 2.21. The van der Waals surface area contributed by atoms with E-state index in [-0.39, 0.29) is 30.3 Å². The molecule has 11 heteroatoms. The van der Waals surface area contributed by atoms with E-state index in [1.54, 1.807) is 0 Å². The van der Waals surface area contributed by atoms with Gasteiger partial charge in [0.15, 0.2) is 0 Å². The summed E-state index contributed by atoms with van der Waals surface area (Å²) in [6, 6.07) is 14.6. The smallest absolute Gasteiger partial charge is 0.387 e. The summed E-state index contributed by atoms with van der Waals surface area (Å²) in [5, 5.41) is 2.66. The number of aromatic nitrogens is 2. The third kappa shape index (κ3) is 6.92. The van der Waals surface area contributed by atoms with Gasteiger partial charge in [-0.2, -0.15) is 8.78 Å². The molecule has 9 nitrogen and oxygen atoms in total. The van der Waals surface area contributed by atoms with E-state index >= 15 is 0 Å². The number of benzene rings is 2. The second-order valence-electron chi connectivity index (χ2n) is 7.79. The van der Waals surface area contributed by atoms with Crippen molar-refractivity contribution in [2.45, 2.75) is 39.5 Å². The normalized spacial score (nSPS) is 10.9. The van der Waals surface area contributed by atoms with Crippen LogP contribution in [0.3, 0.4) is 0 Å². The molecule has 1 heterocycles. The van der Waals surface area contributed by atoms with Gasteiger partial charge in [-0.05, 0) is 36.2 Å². The van der Waals surface area contributed by atoms with Crippen LogP contribution in [0.25, 0.3) is 0 Å². The van der Waals surface area contributed by atoms with Crippen LogP contribution < -0.4 is 31.9 Å². The molecule has 0 bridgehead atoms. The Morgan fingerprint density at radius 1 is 1.14 bits per heavy atom. The molecule has 2 aromatic carbocycles. The molecule has 0 atom stereocenters. The van der Waals surface area contributed by atoms with E-state index < -0.39 is 23.8 Å². The van der Waals surface area contributed by atoms with E-state index in [4.69, 9.17) is 5.73 Å². The van der Waals surface area contributed by atoms with Gasteiger partial charge in [0.1, 0.15) is 17.3 Å². The first-order chi connectivity index (χ1) is 16.8. The first-order valence-electron chi connectivity index (χ1n) is 11.0. The van der Waals surface area contributed by atoms with Crippen LogP contribution in [0.15, 0.2) is 64.2 Å². The summed E-state index contributed by atoms with van der Waals surface area (Å²) in [7, 11) is 0. The van der Waals surface area contributed by atoms with E-state index in [1.165, 1.54) is 33.7 Å². The van der Waals surface area contributed by atoms with Gasteiger partial charge in [-0.3, -0.25) is 19.1 Å². The molecule has 0 unspecified atom stereocenters. The number of aromatic amines is 1. The Hall–Kier alpha value is -4.15. The molecule has 3 rings (SSSR count). The standard InChI is InChI=1S/C24H27F2N5O4/c1-2-3-13-31-21(27)20(22(33)29-24(31)34)30(14-16-7-5-4-6-8-16)15-19(32)28-17-9-11-18(12-10-17)35-23(25)26/h4-12,23H,2-3,13-15,27H2,1H3,(H,28,32)(H,29,33,34). The van der Waals surface area contributed by atoms with Crippen LogP contribution >= 0.6 is 0 Å². The first kappa shape index (κ1) is 25.5. The number of ether oxygens (including phenoxy) is 1. The molecule has 0 aliphatic carbocycles. The molecule has 186 valence electrons. The van der Waals surface area contributed by atoms with E-state index in [0.29, 0.717) is 18.7 Å². The molecule has 3 aromatic rings. The fourth-order valence-electron chi connectivity index (χ4n) is 3.53. The van der Waals surface area contributed by atoms with Crippen molar-refractivity contribution in [2.75, 3.05) is 22.5 Å². The maximum atomic E-state index is 12.9. The number of rotatable bonds is 11. The van der Waals surface area contributed by atoms with Crippen LogP contribution in [0, 0.1) is 0 Å². The lowest BCUT2D eigenvalue weighted by atomic mass is 10.2. The summed E-state index contributed by atoms with van der Waals surface area (Å²) in [5.41, 5.74) is 6.14. The molecule has 1 amide bonds. The number of nitrogens with one attached hydrogen (secondary N) is 2. The number of carbonyl (C=O) groups excluding carboxylic acids is 1. The number of hydrogen-bond acceptors (Lipinski definition) is 6. The zero-order valence-electron chi connectivity index (χ0n) is 19.2. The molecular formula is C24H27F2N5O4. The zero-order valence-corrected chi connectivity index (χ0v) is 19.2. The summed E-state index contributed by atoms with van der Waals surface area (Å²) in [6.07, 6.45) is 1.50. The summed E-state index contributed by atoms with van der Waals surface area (Å²) in [5.74, 6) is -0.546. The number of unbranched alkanes of at least 4 members (excludes halogenated alkanes) is 1. The van der Waals surface area contributed by atoms with Gasteiger partial charge in [-0.25, -0.2) is 4.79 Å². The lowest BCUT2D eigenvalue weighted by molar-refractivity contribution is -0.115. The number of alkyl halides is 2. The number of halogens is 2. The van der Waals surface area contributed by atoms with Crippen LogP contribution in [-0.2, 0) is 17.9 Å². The topological polar surface area (TPSA) is 122 Å². The van der Waals surface area contributed by atoms with Crippen molar-refractivity contribution in [3.8, 4) is 5.75 Å². The Bertz CT molecular complexity index is 1240. The first-order valence-corrected chi connectivity index (χ1v) is 11.0. The SMILES string of the molecule is CCCCn1c(N)c(N(CC(=O)Nc2ccc(OC(F)F)cc2)Cc2ccccc2)c(=O)[nH]c1=O. The van der Waals surface area contributed by atoms with Crippen molar-refractivity contribution in [1.82, 2.24) is 9.55 Å². The largest absolute Gasteiger partial charge is 0.435 e. The zero-order chi connectivity index (χ0) is 25.4.